The van der Waals surface area contributed by atoms with Crippen LogP contribution in [0.4, 0.5) is 5.69 Å². The van der Waals surface area contributed by atoms with E-state index in [0.29, 0.717) is 5.82 Å². The lowest BCUT2D eigenvalue weighted by Crippen LogP contribution is -2.22. The summed E-state index contributed by atoms with van der Waals surface area (Å²) in [6.07, 6.45) is 0. The van der Waals surface area contributed by atoms with Crippen molar-refractivity contribution in [1.82, 2.24) is 15.2 Å². The molecule has 0 saturated carbocycles. The van der Waals surface area contributed by atoms with Crippen molar-refractivity contribution in [2.45, 2.75) is 6.92 Å². The van der Waals surface area contributed by atoms with Crippen LogP contribution in [-0.2, 0) is 10.0 Å². The van der Waals surface area contributed by atoms with Gasteiger partial charge in [-0.05, 0) is 19.1 Å². The fraction of sp³-hybridized carbons (Fsp3) is 0.273. The topological polar surface area (TPSA) is 114 Å². The van der Waals surface area contributed by atoms with Gasteiger partial charge in [-0.25, -0.2) is 18.5 Å². The highest BCUT2D eigenvalue weighted by Crippen LogP contribution is 2.18. The Balaban J connectivity index is 2.07. The molecular weight excluding hydrogens is 266 g/mol. The van der Waals surface area contributed by atoms with Gasteiger partial charge in [-0.2, -0.15) is 5.10 Å². The molecule has 0 amide bonds. The van der Waals surface area contributed by atoms with Crippen molar-refractivity contribution in [3.63, 3.8) is 0 Å². The van der Waals surface area contributed by atoms with Crippen LogP contribution in [0.3, 0.4) is 0 Å². The first-order chi connectivity index (χ1) is 8.94. The van der Waals surface area contributed by atoms with Crippen LogP contribution in [0.2, 0.25) is 0 Å². The van der Waals surface area contributed by atoms with Gasteiger partial charge in [-0.3, -0.25) is 5.10 Å². The first kappa shape index (κ1) is 13.5. The molecule has 0 bridgehead atoms. The Bertz CT molecular complexity index is 665. The Morgan fingerprint density at radius 3 is 2.84 bits per heavy atom. The van der Waals surface area contributed by atoms with Crippen molar-refractivity contribution in [2.24, 2.45) is 5.14 Å². The normalized spacial score (nSPS) is 11.5. The lowest BCUT2D eigenvalue weighted by molar-refractivity contribution is 0.598. The minimum absolute atomic E-state index is 0.114. The zero-order chi connectivity index (χ0) is 13.9. The van der Waals surface area contributed by atoms with Crippen molar-refractivity contribution in [1.29, 1.82) is 0 Å². The molecule has 102 valence electrons. The number of benzene rings is 1. The van der Waals surface area contributed by atoms with Crippen LogP contribution in [0.15, 0.2) is 24.3 Å². The van der Waals surface area contributed by atoms with Crippen LogP contribution >= 0.6 is 0 Å². The second-order valence-corrected chi connectivity index (χ2v) is 5.85. The van der Waals surface area contributed by atoms with E-state index in [1.165, 1.54) is 0 Å². The largest absolute Gasteiger partial charge is 0.384 e. The number of nitrogens with one attached hydrogen (secondary N) is 2. The van der Waals surface area contributed by atoms with Crippen LogP contribution < -0.4 is 10.5 Å². The molecule has 7 nitrogen and oxygen atoms in total. The third-order valence-corrected chi connectivity index (χ3v) is 3.21. The molecule has 1 heterocycles. The smallest absolute Gasteiger partial charge is 0.210 e. The summed E-state index contributed by atoms with van der Waals surface area (Å²) in [4.78, 5) is 4.23. The summed E-state index contributed by atoms with van der Waals surface area (Å²) in [5.41, 5.74) is 1.65. The van der Waals surface area contributed by atoms with Gasteiger partial charge in [0.2, 0.25) is 10.0 Å². The molecule has 4 N–H and O–H groups in total. The third kappa shape index (κ3) is 4.04. The number of nitrogens with two attached hydrogens (primary N) is 1. The number of aromatic nitrogens is 3. The van der Waals surface area contributed by atoms with E-state index in [1.54, 1.807) is 0 Å². The summed E-state index contributed by atoms with van der Waals surface area (Å²) in [6.45, 7) is 2.08. The molecule has 0 unspecified atom stereocenters. The Kier molecular flexibility index (Phi) is 3.82. The molecule has 2 rings (SSSR count). The maximum atomic E-state index is 10.8. The monoisotopic (exact) mass is 281 g/mol. The van der Waals surface area contributed by atoms with Crippen LogP contribution in [0.25, 0.3) is 11.4 Å². The quantitative estimate of drug-likeness (QED) is 0.737. The maximum Gasteiger partial charge on any atom is 0.210 e. The van der Waals surface area contributed by atoms with Gasteiger partial charge in [0, 0.05) is 17.8 Å². The molecule has 0 atom stereocenters. The van der Waals surface area contributed by atoms with Crippen molar-refractivity contribution in [3.05, 3.63) is 30.1 Å². The van der Waals surface area contributed by atoms with Gasteiger partial charge >= 0.3 is 0 Å². The van der Waals surface area contributed by atoms with E-state index in [-0.39, 0.29) is 12.3 Å². The fourth-order valence-electron chi connectivity index (χ4n) is 1.58. The van der Waals surface area contributed by atoms with Gasteiger partial charge in [0.1, 0.15) is 5.82 Å². The molecule has 0 radical (unpaired) electrons. The predicted octanol–water partition coefficient (Wildman–Crippen LogP) is 0.481. The van der Waals surface area contributed by atoms with Gasteiger partial charge in [0.15, 0.2) is 5.82 Å². The van der Waals surface area contributed by atoms with E-state index in [4.69, 9.17) is 5.14 Å². The maximum absolute atomic E-state index is 10.8. The molecule has 0 saturated heterocycles. The first-order valence-corrected chi connectivity index (χ1v) is 7.39. The van der Waals surface area contributed by atoms with E-state index in [0.717, 1.165) is 17.1 Å². The molecule has 2 aromatic rings. The number of nitrogens with zero attached hydrogens (tertiary/aromatic N) is 2. The Hall–Kier alpha value is -1.93. The third-order valence-electron chi connectivity index (χ3n) is 2.43. The number of H-pyrrole nitrogens is 1. The number of anilines is 1. The first-order valence-electron chi connectivity index (χ1n) is 5.68. The second-order valence-electron chi connectivity index (χ2n) is 4.12. The number of hydrogen-bond donors (Lipinski definition) is 3. The number of rotatable bonds is 5. The van der Waals surface area contributed by atoms with E-state index >= 15 is 0 Å². The highest BCUT2D eigenvalue weighted by molar-refractivity contribution is 7.89. The van der Waals surface area contributed by atoms with Crippen molar-refractivity contribution in [2.75, 3.05) is 17.6 Å². The standard InChI is InChI=1S/C11H15N5O2S/c1-8-14-11(16-15-8)9-3-2-4-10(7-9)13-5-6-19(12,17)18/h2-4,7,13H,5-6H2,1H3,(H2,12,17,18)(H,14,15,16). The summed E-state index contributed by atoms with van der Waals surface area (Å²) in [5, 5.41) is 14.8. The van der Waals surface area contributed by atoms with Crippen LogP contribution in [0.5, 0.6) is 0 Å². The number of sulfonamides is 1. The van der Waals surface area contributed by atoms with Crippen LogP contribution in [-0.4, -0.2) is 35.9 Å². The van der Waals surface area contributed by atoms with Gasteiger partial charge < -0.3 is 5.32 Å². The van der Waals surface area contributed by atoms with E-state index < -0.39 is 10.0 Å². The fourth-order valence-corrected chi connectivity index (χ4v) is 1.96. The number of hydrogen-bond acceptors (Lipinski definition) is 5. The number of primary sulfonamides is 1. The average Bonchev–Trinajstić information content (AvgIpc) is 2.75. The van der Waals surface area contributed by atoms with Crippen LogP contribution in [0, 0.1) is 6.92 Å². The minimum Gasteiger partial charge on any atom is -0.384 e. The average molecular weight is 281 g/mol. The molecule has 1 aromatic heterocycles. The molecule has 0 aliphatic rings. The van der Waals surface area contributed by atoms with E-state index in [9.17, 15) is 8.42 Å². The summed E-state index contributed by atoms with van der Waals surface area (Å²) in [6, 6.07) is 7.42. The SMILES string of the molecule is Cc1nc(-c2cccc(NCCS(N)(=O)=O)c2)n[nH]1. The molecule has 19 heavy (non-hydrogen) atoms. The summed E-state index contributed by atoms with van der Waals surface area (Å²) in [7, 11) is -3.45. The van der Waals surface area contributed by atoms with Crippen molar-refractivity contribution >= 4 is 15.7 Å². The number of aromatic amines is 1. The highest BCUT2D eigenvalue weighted by Gasteiger charge is 2.05. The van der Waals surface area contributed by atoms with Gasteiger partial charge in [-0.1, -0.05) is 12.1 Å². The molecule has 0 fully saturated rings. The zero-order valence-corrected chi connectivity index (χ0v) is 11.2. The molecule has 8 heteroatoms. The molecule has 0 aliphatic heterocycles. The molecular formula is C11H15N5O2S. The van der Waals surface area contributed by atoms with Gasteiger partial charge in [0.25, 0.3) is 0 Å². The van der Waals surface area contributed by atoms with Crippen molar-refractivity contribution in [3.8, 4) is 11.4 Å². The summed E-state index contributed by atoms with van der Waals surface area (Å²) in [5.74, 6) is 1.23. The van der Waals surface area contributed by atoms with Crippen LogP contribution in [0.1, 0.15) is 5.82 Å². The summed E-state index contributed by atoms with van der Waals surface area (Å²) < 4.78 is 21.7. The van der Waals surface area contributed by atoms with E-state index in [2.05, 4.69) is 20.5 Å². The zero-order valence-electron chi connectivity index (χ0n) is 10.4. The molecule has 1 aromatic carbocycles. The lowest BCUT2D eigenvalue weighted by atomic mass is 10.2. The van der Waals surface area contributed by atoms with Crippen molar-refractivity contribution < 1.29 is 8.42 Å². The predicted molar refractivity (Wildman–Crippen MR) is 73.0 cm³/mol. The number of aryl methyl sites for hydroxylation is 1. The Morgan fingerprint density at radius 2 is 2.21 bits per heavy atom. The lowest BCUT2D eigenvalue weighted by Gasteiger charge is -2.06. The minimum atomic E-state index is -3.45. The van der Waals surface area contributed by atoms with Gasteiger partial charge in [-0.15, -0.1) is 0 Å². The second kappa shape index (κ2) is 5.37. The van der Waals surface area contributed by atoms with E-state index in [1.807, 2.05) is 31.2 Å². The Labute approximate surface area is 111 Å². The van der Waals surface area contributed by atoms with Gasteiger partial charge in [0.05, 0.1) is 5.75 Å². The highest BCUT2D eigenvalue weighted by atomic mass is 32.2. The Morgan fingerprint density at radius 1 is 1.42 bits per heavy atom. The molecule has 0 aliphatic carbocycles. The summed E-state index contributed by atoms with van der Waals surface area (Å²) >= 11 is 0. The molecule has 0 spiro atoms.